The molecule has 0 atom stereocenters. The molecule has 25 heavy (non-hydrogen) atoms. The molecule has 128 valence electrons. The van der Waals surface area contributed by atoms with Gasteiger partial charge < -0.3 is 4.57 Å². The molecule has 2 aromatic heterocycles. The lowest BCUT2D eigenvalue weighted by molar-refractivity contribution is 0.101. The molecule has 0 radical (unpaired) electrons. The summed E-state index contributed by atoms with van der Waals surface area (Å²) in [6, 6.07) is 5.38. The van der Waals surface area contributed by atoms with Gasteiger partial charge in [0.25, 0.3) is 5.91 Å². The number of nitrogens with zero attached hydrogens (tertiary/aromatic N) is 3. The summed E-state index contributed by atoms with van der Waals surface area (Å²) >= 11 is 1.24. The van der Waals surface area contributed by atoms with E-state index in [0.717, 1.165) is 0 Å². The Labute approximate surface area is 146 Å². The number of carbonyl (C=O) groups excluding carboxylic acids is 1. The minimum atomic E-state index is -3.53. The molecule has 10 heteroatoms. The minimum Gasteiger partial charge on any atom is -0.309 e. The number of hydrogen-bond acceptors (Lipinski definition) is 6. The van der Waals surface area contributed by atoms with Crippen LogP contribution in [0.1, 0.15) is 10.5 Å². The Morgan fingerprint density at radius 1 is 1.28 bits per heavy atom. The number of sulfone groups is 1. The maximum atomic E-state index is 13.2. The number of halogens is 1. The minimum absolute atomic E-state index is 0.101. The fourth-order valence-corrected chi connectivity index (χ4v) is 4.54. The number of carbonyl (C=O) groups is 1. The molecule has 3 aromatic rings. The first kappa shape index (κ1) is 15.9. The molecule has 4 rings (SSSR count). The van der Waals surface area contributed by atoms with Crippen molar-refractivity contribution in [2.24, 2.45) is 0 Å². The Bertz CT molecular complexity index is 1060. The van der Waals surface area contributed by atoms with Gasteiger partial charge in [-0.3, -0.25) is 10.1 Å². The quantitative estimate of drug-likeness (QED) is 0.754. The zero-order valence-corrected chi connectivity index (χ0v) is 14.3. The predicted octanol–water partition coefficient (Wildman–Crippen LogP) is 2.19. The molecule has 0 fully saturated rings. The summed E-state index contributed by atoms with van der Waals surface area (Å²) in [6.45, 7) is 0.145. The smallest absolute Gasteiger partial charge is 0.276 e. The summed E-state index contributed by atoms with van der Waals surface area (Å²) in [6.07, 6.45) is 1.55. The standard InChI is InChI=1S/C15H11FN4O3S2/c16-10-3-1-9(2-4-10)11-12(13(21)19-14-17-5-7-24-14)20-6-8-25(22,23)15(20)18-11/h1-5,7H,6,8H2,(H,17,19,21). The summed E-state index contributed by atoms with van der Waals surface area (Å²) in [4.78, 5) is 20.9. The largest absolute Gasteiger partial charge is 0.309 e. The summed E-state index contributed by atoms with van der Waals surface area (Å²) in [7, 11) is -3.53. The zero-order chi connectivity index (χ0) is 17.6. The third kappa shape index (κ3) is 2.72. The van der Waals surface area contributed by atoms with E-state index in [1.807, 2.05) is 0 Å². The van der Waals surface area contributed by atoms with Crippen LogP contribution in [0.4, 0.5) is 9.52 Å². The van der Waals surface area contributed by atoms with E-state index in [1.54, 1.807) is 11.6 Å². The second-order valence-electron chi connectivity index (χ2n) is 5.36. The fraction of sp³-hybridized carbons (Fsp3) is 0.133. The van der Waals surface area contributed by atoms with Crippen LogP contribution < -0.4 is 5.32 Å². The molecule has 0 aliphatic carbocycles. The van der Waals surface area contributed by atoms with E-state index in [0.29, 0.717) is 10.7 Å². The second-order valence-corrected chi connectivity index (χ2v) is 8.26. The van der Waals surface area contributed by atoms with Gasteiger partial charge in [-0.1, -0.05) is 0 Å². The predicted molar refractivity (Wildman–Crippen MR) is 89.7 cm³/mol. The molecule has 1 aliphatic rings. The molecule has 1 aliphatic heterocycles. The Hall–Kier alpha value is -2.59. The van der Waals surface area contributed by atoms with Crippen molar-refractivity contribution in [2.75, 3.05) is 11.1 Å². The average Bonchev–Trinajstić information content (AvgIpc) is 3.26. The third-order valence-electron chi connectivity index (χ3n) is 3.78. The molecular weight excluding hydrogens is 367 g/mol. The van der Waals surface area contributed by atoms with Gasteiger partial charge in [-0.05, 0) is 24.3 Å². The van der Waals surface area contributed by atoms with Crippen molar-refractivity contribution in [3.63, 3.8) is 0 Å². The van der Waals surface area contributed by atoms with Crippen LogP contribution in [0.3, 0.4) is 0 Å². The van der Waals surface area contributed by atoms with E-state index >= 15 is 0 Å². The lowest BCUT2D eigenvalue weighted by atomic mass is 10.1. The van der Waals surface area contributed by atoms with E-state index in [9.17, 15) is 17.6 Å². The summed E-state index contributed by atoms with van der Waals surface area (Å²) < 4.78 is 38.9. The van der Waals surface area contributed by atoms with Crippen molar-refractivity contribution in [1.29, 1.82) is 0 Å². The lowest BCUT2D eigenvalue weighted by Crippen LogP contribution is -2.17. The summed E-state index contributed by atoms with van der Waals surface area (Å²) in [5, 5.41) is 4.60. The SMILES string of the molecule is O=C(Nc1nccs1)c1c(-c2ccc(F)cc2)nc2n1CCS2(=O)=O. The van der Waals surface area contributed by atoms with Crippen LogP contribution in [0.25, 0.3) is 11.3 Å². The first-order valence-corrected chi connectivity index (χ1v) is 9.79. The topological polar surface area (TPSA) is 93.9 Å². The van der Waals surface area contributed by atoms with Gasteiger partial charge in [-0.2, -0.15) is 0 Å². The molecule has 1 aromatic carbocycles. The lowest BCUT2D eigenvalue weighted by Gasteiger charge is -2.07. The molecule has 1 N–H and O–H groups in total. The van der Waals surface area contributed by atoms with Crippen molar-refractivity contribution in [3.05, 3.63) is 47.4 Å². The highest BCUT2D eigenvalue weighted by atomic mass is 32.2. The molecule has 0 bridgehead atoms. The first-order valence-electron chi connectivity index (χ1n) is 7.26. The molecule has 0 unspecified atom stereocenters. The van der Waals surface area contributed by atoms with E-state index in [4.69, 9.17) is 0 Å². The summed E-state index contributed by atoms with van der Waals surface area (Å²) in [5.41, 5.74) is 0.785. The van der Waals surface area contributed by atoms with Gasteiger partial charge >= 0.3 is 0 Å². The Kier molecular flexibility index (Phi) is 3.65. The third-order valence-corrected chi connectivity index (χ3v) is 6.06. The molecule has 1 amide bonds. The molecule has 3 heterocycles. The van der Waals surface area contributed by atoms with Crippen LogP contribution >= 0.6 is 11.3 Å². The number of anilines is 1. The Morgan fingerprint density at radius 2 is 2.04 bits per heavy atom. The van der Waals surface area contributed by atoms with E-state index in [1.165, 1.54) is 40.2 Å². The van der Waals surface area contributed by atoms with Crippen molar-refractivity contribution < 1.29 is 17.6 Å². The molecule has 0 spiro atoms. The Balaban J connectivity index is 1.86. The maximum Gasteiger partial charge on any atom is 0.276 e. The second kappa shape index (κ2) is 5.74. The number of nitrogens with one attached hydrogen (secondary N) is 1. The van der Waals surface area contributed by atoms with Gasteiger partial charge in [-0.25, -0.2) is 22.8 Å². The van der Waals surface area contributed by atoms with Crippen molar-refractivity contribution in [1.82, 2.24) is 14.5 Å². The van der Waals surface area contributed by atoms with Crippen LogP contribution in [0.15, 0.2) is 41.0 Å². The number of hydrogen-bond donors (Lipinski definition) is 1. The number of aromatic nitrogens is 3. The van der Waals surface area contributed by atoms with Crippen molar-refractivity contribution >= 4 is 32.2 Å². The highest BCUT2D eigenvalue weighted by Gasteiger charge is 2.35. The van der Waals surface area contributed by atoms with Crippen LogP contribution in [0.5, 0.6) is 0 Å². The van der Waals surface area contributed by atoms with Crippen LogP contribution in [-0.2, 0) is 16.4 Å². The van der Waals surface area contributed by atoms with Crippen LogP contribution in [0, 0.1) is 5.82 Å². The molecule has 0 saturated heterocycles. The number of fused-ring (bicyclic) bond motifs is 1. The average molecular weight is 378 g/mol. The molecular formula is C15H11FN4O3S2. The van der Waals surface area contributed by atoms with Crippen molar-refractivity contribution in [3.8, 4) is 11.3 Å². The van der Waals surface area contributed by atoms with E-state index < -0.39 is 21.6 Å². The monoisotopic (exact) mass is 378 g/mol. The highest BCUT2D eigenvalue weighted by Crippen LogP contribution is 2.31. The Morgan fingerprint density at radius 3 is 2.72 bits per heavy atom. The summed E-state index contributed by atoms with van der Waals surface area (Å²) in [5.74, 6) is -1.04. The van der Waals surface area contributed by atoms with Gasteiger partial charge in [0, 0.05) is 23.7 Å². The fourth-order valence-electron chi connectivity index (χ4n) is 2.66. The number of imidazole rings is 1. The first-order chi connectivity index (χ1) is 12.0. The van der Waals surface area contributed by atoms with Gasteiger partial charge in [-0.15, -0.1) is 11.3 Å². The van der Waals surface area contributed by atoms with Gasteiger partial charge in [0.15, 0.2) is 5.13 Å². The normalized spacial score (nSPS) is 15.1. The van der Waals surface area contributed by atoms with Gasteiger partial charge in [0.2, 0.25) is 15.0 Å². The maximum absolute atomic E-state index is 13.2. The van der Waals surface area contributed by atoms with Crippen LogP contribution in [-0.4, -0.2) is 34.6 Å². The van der Waals surface area contributed by atoms with Crippen LogP contribution in [0.2, 0.25) is 0 Å². The van der Waals surface area contributed by atoms with Gasteiger partial charge in [0.05, 0.1) is 5.75 Å². The van der Waals surface area contributed by atoms with E-state index in [2.05, 4.69) is 15.3 Å². The molecule has 0 saturated carbocycles. The number of amides is 1. The number of benzene rings is 1. The van der Waals surface area contributed by atoms with Crippen molar-refractivity contribution in [2.45, 2.75) is 11.7 Å². The number of rotatable bonds is 3. The zero-order valence-electron chi connectivity index (χ0n) is 12.6. The van der Waals surface area contributed by atoms with Gasteiger partial charge in [0.1, 0.15) is 17.2 Å². The molecule has 7 nitrogen and oxygen atoms in total. The number of thiazole rings is 1. The highest BCUT2D eigenvalue weighted by molar-refractivity contribution is 7.91. The van der Waals surface area contributed by atoms with E-state index in [-0.39, 0.29) is 28.8 Å².